The lowest BCUT2D eigenvalue weighted by molar-refractivity contribution is 0.484. The van der Waals surface area contributed by atoms with Crippen LogP contribution in [0.25, 0.3) is 11.3 Å². The van der Waals surface area contributed by atoms with E-state index >= 15 is 0 Å². The number of aryl methyl sites for hydroxylation is 1. The van der Waals surface area contributed by atoms with Gasteiger partial charge in [0.1, 0.15) is 11.5 Å². The first kappa shape index (κ1) is 19.2. The van der Waals surface area contributed by atoms with Gasteiger partial charge in [-0.15, -0.1) is 12.4 Å². The van der Waals surface area contributed by atoms with Crippen molar-refractivity contribution < 1.29 is 4.42 Å². The molecule has 0 saturated heterocycles. The van der Waals surface area contributed by atoms with Gasteiger partial charge in [-0.3, -0.25) is 0 Å². The Labute approximate surface area is 164 Å². The monoisotopic (exact) mass is 473 g/mol. The molecule has 0 atom stereocenters. The highest BCUT2D eigenvalue weighted by Crippen LogP contribution is 2.31. The normalized spacial score (nSPS) is 10.6. The number of rotatable bonds is 7. The van der Waals surface area contributed by atoms with Crippen molar-refractivity contribution in [1.29, 1.82) is 0 Å². The van der Waals surface area contributed by atoms with Crippen LogP contribution < -0.4 is 5.32 Å². The Hall–Kier alpha value is -1.08. The Morgan fingerprint density at radius 2 is 2.04 bits per heavy atom. The van der Waals surface area contributed by atoms with Crippen LogP contribution in [0.2, 0.25) is 0 Å². The molecule has 128 valence electrons. The lowest BCUT2D eigenvalue weighted by Gasteiger charge is -2.04. The van der Waals surface area contributed by atoms with Gasteiger partial charge in [0.15, 0.2) is 0 Å². The van der Waals surface area contributed by atoms with Crippen molar-refractivity contribution in [2.75, 3.05) is 6.54 Å². The van der Waals surface area contributed by atoms with E-state index in [2.05, 4.69) is 46.7 Å². The number of furan rings is 1. The standard InChI is InChI=1S/C17H17Br2N3O.ClH/c18-13-2-4-15(16(19)10-13)17-5-3-14(23-17)11-20-6-1-8-22-9-7-21-12-22;/h2-5,7,9-10,12,20H,1,6,8,11H2;1H. The molecule has 0 saturated carbocycles. The first-order chi connectivity index (χ1) is 11.2. The molecule has 7 heteroatoms. The van der Waals surface area contributed by atoms with Gasteiger partial charge in [0, 0.05) is 33.4 Å². The van der Waals surface area contributed by atoms with E-state index in [-0.39, 0.29) is 12.4 Å². The maximum absolute atomic E-state index is 5.92. The molecule has 0 aliphatic rings. The highest BCUT2D eigenvalue weighted by molar-refractivity contribution is 9.11. The molecule has 2 heterocycles. The summed E-state index contributed by atoms with van der Waals surface area (Å²) in [7, 11) is 0. The van der Waals surface area contributed by atoms with Gasteiger partial charge in [0.05, 0.1) is 12.9 Å². The summed E-state index contributed by atoms with van der Waals surface area (Å²) < 4.78 is 10.1. The molecule has 1 N–H and O–H groups in total. The summed E-state index contributed by atoms with van der Waals surface area (Å²) in [6, 6.07) is 10.1. The van der Waals surface area contributed by atoms with Gasteiger partial charge in [0.25, 0.3) is 0 Å². The maximum Gasteiger partial charge on any atom is 0.135 e. The third-order valence-electron chi connectivity index (χ3n) is 3.49. The molecular weight excluding hydrogens is 457 g/mol. The van der Waals surface area contributed by atoms with Crippen molar-refractivity contribution >= 4 is 44.3 Å². The van der Waals surface area contributed by atoms with E-state index in [0.717, 1.165) is 52.1 Å². The van der Waals surface area contributed by atoms with Crippen LogP contribution in [0.5, 0.6) is 0 Å². The number of benzene rings is 1. The Morgan fingerprint density at radius 3 is 2.79 bits per heavy atom. The number of nitrogens with zero attached hydrogens (tertiary/aromatic N) is 2. The summed E-state index contributed by atoms with van der Waals surface area (Å²) in [4.78, 5) is 4.03. The summed E-state index contributed by atoms with van der Waals surface area (Å²) in [6.45, 7) is 2.65. The fourth-order valence-electron chi connectivity index (χ4n) is 2.32. The van der Waals surface area contributed by atoms with Gasteiger partial charge in [-0.2, -0.15) is 0 Å². The Bertz CT molecular complexity index is 759. The number of hydrogen-bond acceptors (Lipinski definition) is 3. The SMILES string of the molecule is Brc1ccc(-c2ccc(CNCCCn3ccnc3)o2)c(Br)c1.Cl. The number of hydrogen-bond donors (Lipinski definition) is 1. The second kappa shape index (κ2) is 9.42. The molecule has 24 heavy (non-hydrogen) atoms. The van der Waals surface area contributed by atoms with Crippen LogP contribution >= 0.6 is 44.3 Å². The van der Waals surface area contributed by atoms with Crippen molar-refractivity contribution in [2.24, 2.45) is 0 Å². The zero-order chi connectivity index (χ0) is 16.1. The predicted molar refractivity (Wildman–Crippen MR) is 105 cm³/mol. The van der Waals surface area contributed by atoms with Crippen molar-refractivity contribution in [3.63, 3.8) is 0 Å². The molecule has 4 nitrogen and oxygen atoms in total. The zero-order valence-electron chi connectivity index (χ0n) is 12.9. The molecule has 1 aromatic carbocycles. The molecule has 3 aromatic rings. The molecule has 0 amide bonds. The fraction of sp³-hybridized carbons (Fsp3) is 0.235. The van der Waals surface area contributed by atoms with Crippen molar-refractivity contribution in [1.82, 2.24) is 14.9 Å². The smallest absolute Gasteiger partial charge is 0.135 e. The first-order valence-electron chi connectivity index (χ1n) is 7.43. The summed E-state index contributed by atoms with van der Waals surface area (Å²) in [5, 5.41) is 3.41. The quantitative estimate of drug-likeness (QED) is 0.474. The lowest BCUT2D eigenvalue weighted by Crippen LogP contribution is -2.15. The third-order valence-corrected chi connectivity index (χ3v) is 4.64. The number of aromatic nitrogens is 2. The Morgan fingerprint density at radius 1 is 1.17 bits per heavy atom. The lowest BCUT2D eigenvalue weighted by atomic mass is 10.2. The van der Waals surface area contributed by atoms with Gasteiger partial charge in [-0.05, 0) is 59.2 Å². The largest absolute Gasteiger partial charge is 0.460 e. The molecule has 0 spiro atoms. The van der Waals surface area contributed by atoms with E-state index in [4.69, 9.17) is 4.42 Å². The highest BCUT2D eigenvalue weighted by atomic mass is 79.9. The van der Waals surface area contributed by atoms with Gasteiger partial charge < -0.3 is 14.3 Å². The van der Waals surface area contributed by atoms with Gasteiger partial charge >= 0.3 is 0 Å². The minimum atomic E-state index is 0. The Balaban J connectivity index is 0.00000208. The molecule has 0 fully saturated rings. The first-order valence-corrected chi connectivity index (χ1v) is 9.01. The minimum Gasteiger partial charge on any atom is -0.460 e. The second-order valence-electron chi connectivity index (χ2n) is 5.22. The average molecular weight is 476 g/mol. The minimum absolute atomic E-state index is 0. The second-order valence-corrected chi connectivity index (χ2v) is 6.99. The van der Waals surface area contributed by atoms with E-state index in [0.29, 0.717) is 0 Å². The molecule has 0 aliphatic carbocycles. The average Bonchev–Trinajstić information content (AvgIpc) is 3.18. The number of halogens is 3. The summed E-state index contributed by atoms with van der Waals surface area (Å²) in [6.07, 6.45) is 6.68. The van der Waals surface area contributed by atoms with Crippen LogP contribution in [0, 0.1) is 0 Å². The molecule has 0 unspecified atom stereocenters. The number of nitrogens with one attached hydrogen (secondary N) is 1. The summed E-state index contributed by atoms with van der Waals surface area (Å²) in [5.41, 5.74) is 1.06. The topological polar surface area (TPSA) is 43.0 Å². The van der Waals surface area contributed by atoms with Crippen LogP contribution in [0.3, 0.4) is 0 Å². The molecule has 2 aromatic heterocycles. The maximum atomic E-state index is 5.92. The van der Waals surface area contributed by atoms with Crippen molar-refractivity contribution in [2.45, 2.75) is 19.5 Å². The Kier molecular flexibility index (Phi) is 7.55. The van der Waals surface area contributed by atoms with E-state index in [1.807, 2.05) is 42.9 Å². The van der Waals surface area contributed by atoms with E-state index in [1.165, 1.54) is 0 Å². The van der Waals surface area contributed by atoms with Crippen molar-refractivity contribution in [3.05, 3.63) is 63.8 Å². The van der Waals surface area contributed by atoms with Gasteiger partial charge in [-0.1, -0.05) is 15.9 Å². The van der Waals surface area contributed by atoms with Gasteiger partial charge in [0.2, 0.25) is 0 Å². The predicted octanol–water partition coefficient (Wildman–Crippen LogP) is 5.27. The van der Waals surface area contributed by atoms with E-state index < -0.39 is 0 Å². The highest BCUT2D eigenvalue weighted by Gasteiger charge is 2.08. The van der Waals surface area contributed by atoms with Crippen LogP contribution in [0.4, 0.5) is 0 Å². The van der Waals surface area contributed by atoms with E-state index in [1.54, 1.807) is 6.20 Å². The zero-order valence-corrected chi connectivity index (χ0v) is 16.9. The number of imidazole rings is 1. The summed E-state index contributed by atoms with van der Waals surface area (Å²) >= 11 is 7.03. The molecule has 0 aliphatic heterocycles. The summed E-state index contributed by atoms with van der Waals surface area (Å²) in [5.74, 6) is 1.82. The molecular formula is C17H18Br2ClN3O. The molecule has 0 bridgehead atoms. The molecule has 0 radical (unpaired) electrons. The van der Waals surface area contributed by atoms with Crippen LogP contribution in [0.15, 0.2) is 62.4 Å². The van der Waals surface area contributed by atoms with E-state index in [9.17, 15) is 0 Å². The van der Waals surface area contributed by atoms with Crippen LogP contribution in [-0.4, -0.2) is 16.1 Å². The van der Waals surface area contributed by atoms with Crippen LogP contribution in [-0.2, 0) is 13.1 Å². The van der Waals surface area contributed by atoms with Crippen LogP contribution in [0.1, 0.15) is 12.2 Å². The third kappa shape index (κ3) is 5.21. The fourth-order valence-corrected chi connectivity index (χ4v) is 3.57. The van der Waals surface area contributed by atoms with Crippen molar-refractivity contribution in [3.8, 4) is 11.3 Å². The molecule has 3 rings (SSSR count). The van der Waals surface area contributed by atoms with Gasteiger partial charge in [-0.25, -0.2) is 4.98 Å².